The fourth-order valence-corrected chi connectivity index (χ4v) is 4.31. The summed E-state index contributed by atoms with van der Waals surface area (Å²) in [5.74, 6) is -0.853. The number of hydrogen-bond acceptors (Lipinski definition) is 6. The maximum Gasteiger partial charge on any atom is 0.302 e. The van der Waals surface area contributed by atoms with Crippen LogP contribution >= 0.6 is 11.6 Å². The molecule has 2 aromatic rings. The molecule has 0 saturated carbocycles. The third kappa shape index (κ3) is 10.8. The number of primary amides is 1. The number of hydrogen-bond donors (Lipinski definition) is 1. The number of benzene rings is 2. The zero-order valence-electron chi connectivity index (χ0n) is 22.0. The van der Waals surface area contributed by atoms with Crippen LogP contribution in [0.25, 0.3) is 11.1 Å². The van der Waals surface area contributed by atoms with Crippen molar-refractivity contribution in [1.29, 1.82) is 0 Å². The average molecular weight is 532 g/mol. The summed E-state index contributed by atoms with van der Waals surface area (Å²) in [6.45, 7) is 5.25. The summed E-state index contributed by atoms with van der Waals surface area (Å²) in [6.07, 6.45) is 5.41. The maximum absolute atomic E-state index is 11.8. The topological polar surface area (TPSA) is 105 Å². The first-order valence-electron chi connectivity index (χ1n) is 12.7. The van der Waals surface area contributed by atoms with Crippen molar-refractivity contribution >= 4 is 29.4 Å². The molecule has 202 valence electrons. The fraction of sp³-hybridized carbons (Fsp3) is 0.483. The first-order chi connectivity index (χ1) is 17.6. The Hall–Kier alpha value is -3.06. The number of rotatable bonds is 16. The van der Waals surface area contributed by atoms with Crippen LogP contribution < -0.4 is 10.5 Å². The van der Waals surface area contributed by atoms with Gasteiger partial charge in [0, 0.05) is 25.7 Å². The van der Waals surface area contributed by atoms with Gasteiger partial charge >= 0.3 is 11.9 Å². The summed E-state index contributed by atoms with van der Waals surface area (Å²) >= 11 is 6.50. The lowest BCUT2D eigenvalue weighted by Gasteiger charge is -2.31. The summed E-state index contributed by atoms with van der Waals surface area (Å²) in [6, 6.07) is 13.7. The van der Waals surface area contributed by atoms with Gasteiger partial charge in [-0.1, -0.05) is 68.1 Å². The molecule has 0 aliphatic carbocycles. The summed E-state index contributed by atoms with van der Waals surface area (Å²) < 4.78 is 16.3. The molecule has 0 saturated heterocycles. The lowest BCUT2D eigenvalue weighted by atomic mass is 9.80. The summed E-state index contributed by atoms with van der Waals surface area (Å²) in [7, 11) is 0. The highest BCUT2D eigenvalue weighted by atomic mass is 35.5. The number of nitrogens with two attached hydrogens (primary N) is 1. The van der Waals surface area contributed by atoms with E-state index in [1.54, 1.807) is 0 Å². The number of amides is 1. The van der Waals surface area contributed by atoms with E-state index in [0.29, 0.717) is 30.2 Å². The summed E-state index contributed by atoms with van der Waals surface area (Å²) in [5, 5.41) is 0.557. The molecule has 0 aliphatic heterocycles. The highest BCUT2D eigenvalue weighted by Gasteiger charge is 2.35. The van der Waals surface area contributed by atoms with E-state index in [2.05, 4.69) is 6.92 Å². The van der Waals surface area contributed by atoms with Crippen molar-refractivity contribution in [2.45, 2.75) is 65.7 Å². The molecule has 37 heavy (non-hydrogen) atoms. The number of aryl methyl sites for hydroxylation is 1. The monoisotopic (exact) mass is 531 g/mol. The van der Waals surface area contributed by atoms with Gasteiger partial charge in [-0.25, -0.2) is 0 Å². The van der Waals surface area contributed by atoms with E-state index in [1.807, 2.05) is 42.5 Å². The SMILES string of the molecule is CCCCCCOc1ccc(-c2cccc(CCC(COC(C)=O)(COC(C)=O)CC(N)=O)c2)cc1Cl. The number of esters is 2. The van der Waals surface area contributed by atoms with Gasteiger partial charge in [-0.2, -0.15) is 0 Å². The first kappa shape index (κ1) is 30.2. The van der Waals surface area contributed by atoms with Gasteiger partial charge < -0.3 is 19.9 Å². The highest BCUT2D eigenvalue weighted by molar-refractivity contribution is 6.32. The van der Waals surface area contributed by atoms with Crippen LogP contribution in [0.2, 0.25) is 5.02 Å². The van der Waals surface area contributed by atoms with Crippen LogP contribution in [0.4, 0.5) is 0 Å². The predicted octanol–water partition coefficient (Wildman–Crippen LogP) is 5.89. The normalized spacial score (nSPS) is 11.1. The van der Waals surface area contributed by atoms with E-state index < -0.39 is 23.3 Å². The Labute approximate surface area is 224 Å². The molecule has 0 atom stereocenters. The average Bonchev–Trinajstić information content (AvgIpc) is 2.85. The maximum atomic E-state index is 11.8. The van der Waals surface area contributed by atoms with Crippen molar-refractivity contribution < 1.29 is 28.6 Å². The second kappa shape index (κ2) is 15.3. The Morgan fingerprint density at radius 2 is 1.59 bits per heavy atom. The Morgan fingerprint density at radius 1 is 0.919 bits per heavy atom. The van der Waals surface area contributed by atoms with Crippen LogP contribution in [0.15, 0.2) is 42.5 Å². The van der Waals surface area contributed by atoms with E-state index >= 15 is 0 Å². The number of carbonyl (C=O) groups is 3. The predicted molar refractivity (Wildman–Crippen MR) is 144 cm³/mol. The summed E-state index contributed by atoms with van der Waals surface area (Å²) in [5.41, 5.74) is 7.51. The minimum atomic E-state index is -0.918. The largest absolute Gasteiger partial charge is 0.492 e. The van der Waals surface area contributed by atoms with Gasteiger partial charge in [-0.15, -0.1) is 0 Å². The molecule has 0 unspecified atom stereocenters. The number of halogens is 1. The Kier molecular flexibility index (Phi) is 12.4. The van der Waals surface area contributed by atoms with Gasteiger partial charge in [0.15, 0.2) is 0 Å². The molecule has 1 amide bonds. The molecule has 2 N–H and O–H groups in total. The van der Waals surface area contributed by atoms with Crippen LogP contribution in [0.3, 0.4) is 0 Å². The third-order valence-electron chi connectivity index (χ3n) is 6.10. The lowest BCUT2D eigenvalue weighted by Crippen LogP contribution is -2.38. The quantitative estimate of drug-likeness (QED) is 0.214. The zero-order valence-corrected chi connectivity index (χ0v) is 22.8. The van der Waals surface area contributed by atoms with Gasteiger partial charge in [0.25, 0.3) is 0 Å². The molecule has 0 radical (unpaired) electrons. The van der Waals surface area contributed by atoms with Crippen molar-refractivity contribution in [3.05, 3.63) is 53.1 Å². The molecule has 0 fully saturated rings. The molecular formula is C29H38ClNO6. The van der Waals surface area contributed by atoms with Crippen molar-refractivity contribution in [1.82, 2.24) is 0 Å². The van der Waals surface area contributed by atoms with Crippen molar-refractivity contribution in [3.63, 3.8) is 0 Å². The summed E-state index contributed by atoms with van der Waals surface area (Å²) in [4.78, 5) is 34.8. The number of unbranched alkanes of at least 4 members (excludes halogenated alkanes) is 3. The molecule has 0 bridgehead atoms. The molecular weight excluding hydrogens is 494 g/mol. The second-order valence-corrected chi connectivity index (χ2v) is 9.87. The van der Waals surface area contributed by atoms with E-state index in [4.69, 9.17) is 31.5 Å². The smallest absolute Gasteiger partial charge is 0.302 e. The minimum absolute atomic E-state index is 0.0756. The van der Waals surface area contributed by atoms with Crippen molar-refractivity contribution in [3.8, 4) is 16.9 Å². The van der Waals surface area contributed by atoms with E-state index in [9.17, 15) is 14.4 Å². The molecule has 0 aromatic heterocycles. The third-order valence-corrected chi connectivity index (χ3v) is 6.40. The van der Waals surface area contributed by atoms with Gasteiger partial charge in [-0.3, -0.25) is 14.4 Å². The standard InChI is InChI=1S/C29H38ClNO6/c1-4-5-6-7-15-35-27-12-11-25(17-26(27)30)24-10-8-9-23(16-24)13-14-29(18-28(31)34,19-36-21(2)32)20-37-22(3)33/h8-12,16-17H,4-7,13-15,18-20H2,1-3H3,(H2,31,34). The molecule has 8 heteroatoms. The van der Waals surface area contributed by atoms with Crippen LogP contribution in [0.1, 0.15) is 64.9 Å². The number of carbonyl (C=O) groups excluding carboxylic acids is 3. The van der Waals surface area contributed by atoms with Gasteiger partial charge in [0.1, 0.15) is 19.0 Å². The van der Waals surface area contributed by atoms with Gasteiger partial charge in [-0.05, 0) is 48.1 Å². The minimum Gasteiger partial charge on any atom is -0.492 e. The molecule has 2 rings (SSSR count). The van der Waals surface area contributed by atoms with Crippen LogP contribution in [0, 0.1) is 5.41 Å². The van der Waals surface area contributed by atoms with E-state index in [-0.39, 0.29) is 19.6 Å². The Balaban J connectivity index is 2.15. The van der Waals surface area contributed by atoms with Gasteiger partial charge in [0.05, 0.1) is 11.6 Å². The highest BCUT2D eigenvalue weighted by Crippen LogP contribution is 2.33. The number of ether oxygens (including phenoxy) is 3. The molecule has 0 aliphatic rings. The van der Waals surface area contributed by atoms with Gasteiger partial charge in [0.2, 0.25) is 5.91 Å². The molecule has 0 heterocycles. The van der Waals surface area contributed by atoms with Crippen LogP contribution in [-0.2, 0) is 30.3 Å². The fourth-order valence-electron chi connectivity index (χ4n) is 4.08. The molecule has 7 nitrogen and oxygen atoms in total. The van der Waals surface area contributed by atoms with E-state index in [1.165, 1.54) is 26.7 Å². The second-order valence-electron chi connectivity index (χ2n) is 9.46. The van der Waals surface area contributed by atoms with Crippen LogP contribution in [0.5, 0.6) is 5.75 Å². The zero-order chi connectivity index (χ0) is 27.3. The first-order valence-corrected chi connectivity index (χ1v) is 13.1. The Bertz CT molecular complexity index is 1040. The Morgan fingerprint density at radius 3 is 2.19 bits per heavy atom. The van der Waals surface area contributed by atoms with Crippen molar-refractivity contribution in [2.24, 2.45) is 11.1 Å². The van der Waals surface area contributed by atoms with E-state index in [0.717, 1.165) is 29.5 Å². The lowest BCUT2D eigenvalue weighted by molar-refractivity contribution is -0.154. The molecule has 2 aromatic carbocycles. The van der Waals surface area contributed by atoms with Crippen LogP contribution in [-0.4, -0.2) is 37.7 Å². The molecule has 0 spiro atoms. The van der Waals surface area contributed by atoms with Crippen molar-refractivity contribution in [2.75, 3.05) is 19.8 Å².